The second-order valence-corrected chi connectivity index (χ2v) is 5.78. The Morgan fingerprint density at radius 3 is 2.81 bits per heavy atom. The van der Waals surface area contributed by atoms with Gasteiger partial charge in [0.25, 0.3) is 5.56 Å². The van der Waals surface area contributed by atoms with E-state index in [2.05, 4.69) is 5.10 Å². The third-order valence-electron chi connectivity index (χ3n) is 2.98. The van der Waals surface area contributed by atoms with Crippen molar-refractivity contribution in [1.29, 1.82) is 0 Å². The van der Waals surface area contributed by atoms with Crippen LogP contribution in [0.15, 0.2) is 52.6 Å². The molecule has 0 bridgehead atoms. The fraction of sp³-hybridized carbons (Fsp3) is 0.0667. The van der Waals surface area contributed by atoms with Crippen molar-refractivity contribution < 1.29 is 4.39 Å². The maximum atomic E-state index is 13.0. The molecule has 3 rings (SSSR count). The summed E-state index contributed by atoms with van der Waals surface area (Å²) in [5, 5.41) is 6.57. The average Bonchev–Trinajstić information content (AvgIpc) is 2.98. The predicted molar refractivity (Wildman–Crippen MR) is 82.3 cm³/mol. The quantitative estimate of drug-likeness (QED) is 0.735. The second kappa shape index (κ2) is 5.79. The summed E-state index contributed by atoms with van der Waals surface area (Å²) in [5.74, 6) is -0.406. The Hall–Kier alpha value is -1.98. The van der Waals surface area contributed by atoms with Crippen LogP contribution < -0.4 is 5.56 Å². The van der Waals surface area contributed by atoms with Crippen molar-refractivity contribution in [3.63, 3.8) is 0 Å². The van der Waals surface area contributed by atoms with Crippen LogP contribution in [0.3, 0.4) is 0 Å². The molecule has 0 unspecified atom stereocenters. The van der Waals surface area contributed by atoms with E-state index < -0.39 is 5.82 Å². The Bertz CT molecular complexity index is 830. The highest BCUT2D eigenvalue weighted by atomic mass is 35.5. The van der Waals surface area contributed by atoms with Gasteiger partial charge < -0.3 is 0 Å². The molecular formula is C15H10ClFN2OS. The van der Waals surface area contributed by atoms with Crippen molar-refractivity contribution in [2.45, 2.75) is 6.54 Å². The van der Waals surface area contributed by atoms with Crippen molar-refractivity contribution in [3.05, 3.63) is 74.6 Å². The first kappa shape index (κ1) is 14.0. The van der Waals surface area contributed by atoms with Gasteiger partial charge in [-0.3, -0.25) is 4.79 Å². The van der Waals surface area contributed by atoms with Crippen LogP contribution in [0.2, 0.25) is 5.02 Å². The molecule has 0 aliphatic rings. The number of hydrogen-bond acceptors (Lipinski definition) is 3. The molecule has 0 amide bonds. The fourth-order valence-electron chi connectivity index (χ4n) is 1.93. The van der Waals surface area contributed by atoms with Gasteiger partial charge in [-0.1, -0.05) is 23.7 Å². The van der Waals surface area contributed by atoms with E-state index in [9.17, 15) is 9.18 Å². The predicted octanol–water partition coefficient (Wildman–Crippen LogP) is 3.81. The molecule has 3 nitrogen and oxygen atoms in total. The summed E-state index contributed by atoms with van der Waals surface area (Å²) in [6.45, 7) is 0.206. The van der Waals surface area contributed by atoms with Gasteiger partial charge >= 0.3 is 0 Å². The van der Waals surface area contributed by atoms with Crippen LogP contribution >= 0.6 is 22.9 Å². The van der Waals surface area contributed by atoms with Crippen LogP contribution in [-0.2, 0) is 6.54 Å². The number of thiophene rings is 1. The summed E-state index contributed by atoms with van der Waals surface area (Å²) in [7, 11) is 0. The minimum absolute atomic E-state index is 0.206. The van der Waals surface area contributed by atoms with Crippen molar-refractivity contribution in [2.24, 2.45) is 0 Å². The number of halogens is 2. The zero-order valence-electron chi connectivity index (χ0n) is 10.8. The van der Waals surface area contributed by atoms with E-state index in [1.165, 1.54) is 22.9 Å². The molecule has 2 aromatic heterocycles. The number of hydrogen-bond donors (Lipinski definition) is 0. The van der Waals surface area contributed by atoms with E-state index in [4.69, 9.17) is 11.6 Å². The number of aromatic nitrogens is 2. The number of rotatable bonds is 3. The maximum Gasteiger partial charge on any atom is 0.267 e. The molecule has 0 N–H and O–H groups in total. The largest absolute Gasteiger partial charge is 0.268 e. The Balaban J connectivity index is 1.98. The van der Waals surface area contributed by atoms with Gasteiger partial charge in [-0.15, -0.1) is 11.3 Å². The van der Waals surface area contributed by atoms with Gasteiger partial charge in [-0.2, -0.15) is 5.10 Å². The summed E-state index contributed by atoms with van der Waals surface area (Å²) in [6.07, 6.45) is 0. The topological polar surface area (TPSA) is 34.9 Å². The molecule has 0 atom stereocenters. The lowest BCUT2D eigenvalue weighted by molar-refractivity contribution is 0.620. The highest BCUT2D eigenvalue weighted by Gasteiger charge is 2.07. The minimum Gasteiger partial charge on any atom is -0.268 e. The number of benzene rings is 1. The monoisotopic (exact) mass is 320 g/mol. The van der Waals surface area contributed by atoms with E-state index in [1.807, 2.05) is 17.5 Å². The molecule has 0 fully saturated rings. The lowest BCUT2D eigenvalue weighted by Gasteiger charge is -2.08. The Labute approximate surface area is 129 Å². The van der Waals surface area contributed by atoms with Crippen LogP contribution in [0, 0.1) is 5.82 Å². The van der Waals surface area contributed by atoms with Crippen LogP contribution in [0.25, 0.3) is 10.6 Å². The van der Waals surface area contributed by atoms with E-state index >= 15 is 0 Å². The molecular weight excluding hydrogens is 311 g/mol. The van der Waals surface area contributed by atoms with Crippen LogP contribution in [0.5, 0.6) is 0 Å². The Kier molecular flexibility index (Phi) is 3.86. The van der Waals surface area contributed by atoms with Gasteiger partial charge in [-0.25, -0.2) is 9.07 Å². The lowest BCUT2D eigenvalue weighted by Crippen LogP contribution is -2.22. The maximum absolute atomic E-state index is 13.0. The van der Waals surface area contributed by atoms with Gasteiger partial charge in [0, 0.05) is 11.1 Å². The molecule has 1 aromatic carbocycles. The normalized spacial score (nSPS) is 10.8. The van der Waals surface area contributed by atoms with Gasteiger partial charge in [0.05, 0.1) is 11.4 Å². The van der Waals surface area contributed by atoms with Crippen molar-refractivity contribution >= 4 is 22.9 Å². The van der Waals surface area contributed by atoms with E-state index in [1.54, 1.807) is 23.5 Å². The molecule has 3 aromatic rings. The molecule has 6 heteroatoms. The molecule has 0 aliphatic heterocycles. The van der Waals surface area contributed by atoms with Gasteiger partial charge in [0.2, 0.25) is 0 Å². The van der Waals surface area contributed by atoms with Crippen molar-refractivity contribution in [3.8, 4) is 10.6 Å². The third kappa shape index (κ3) is 3.04. The van der Waals surface area contributed by atoms with Gasteiger partial charge in [0.15, 0.2) is 0 Å². The molecule has 0 aliphatic carbocycles. The SMILES string of the molecule is O=c1ccc(-c2cccs2)nn1Cc1ccc(F)cc1Cl. The smallest absolute Gasteiger partial charge is 0.267 e. The summed E-state index contributed by atoms with van der Waals surface area (Å²) in [6, 6.07) is 11.1. The summed E-state index contributed by atoms with van der Waals surface area (Å²) >= 11 is 7.54. The van der Waals surface area contributed by atoms with E-state index in [0.29, 0.717) is 5.56 Å². The first-order chi connectivity index (χ1) is 10.1. The zero-order valence-corrected chi connectivity index (χ0v) is 12.4. The van der Waals surface area contributed by atoms with Gasteiger partial charge in [0.1, 0.15) is 11.5 Å². The summed E-state index contributed by atoms with van der Waals surface area (Å²) < 4.78 is 14.4. The molecule has 0 saturated carbocycles. The first-order valence-electron chi connectivity index (χ1n) is 6.19. The molecule has 0 spiro atoms. The molecule has 0 radical (unpaired) electrons. The zero-order chi connectivity index (χ0) is 14.8. The van der Waals surface area contributed by atoms with Crippen molar-refractivity contribution in [1.82, 2.24) is 9.78 Å². The average molecular weight is 321 g/mol. The molecule has 106 valence electrons. The summed E-state index contributed by atoms with van der Waals surface area (Å²) in [5.41, 5.74) is 1.15. The first-order valence-corrected chi connectivity index (χ1v) is 7.45. The van der Waals surface area contributed by atoms with Crippen molar-refractivity contribution in [2.75, 3.05) is 0 Å². The van der Waals surface area contributed by atoms with E-state index in [0.717, 1.165) is 10.6 Å². The second-order valence-electron chi connectivity index (χ2n) is 4.43. The highest BCUT2D eigenvalue weighted by molar-refractivity contribution is 7.13. The molecule has 0 saturated heterocycles. The van der Waals surface area contributed by atoms with Crippen LogP contribution in [-0.4, -0.2) is 9.78 Å². The third-order valence-corrected chi connectivity index (χ3v) is 4.22. The van der Waals surface area contributed by atoms with Gasteiger partial charge in [-0.05, 0) is 35.2 Å². The Morgan fingerprint density at radius 1 is 1.24 bits per heavy atom. The molecule has 21 heavy (non-hydrogen) atoms. The number of nitrogens with zero attached hydrogens (tertiary/aromatic N) is 2. The van der Waals surface area contributed by atoms with Crippen LogP contribution in [0.4, 0.5) is 4.39 Å². The highest BCUT2D eigenvalue weighted by Crippen LogP contribution is 2.22. The lowest BCUT2D eigenvalue weighted by atomic mass is 10.2. The van der Waals surface area contributed by atoms with E-state index in [-0.39, 0.29) is 17.1 Å². The molecule has 2 heterocycles. The Morgan fingerprint density at radius 2 is 2.10 bits per heavy atom. The minimum atomic E-state index is -0.406. The fourth-order valence-corrected chi connectivity index (χ4v) is 2.85. The summed E-state index contributed by atoms with van der Waals surface area (Å²) in [4.78, 5) is 12.9. The van der Waals surface area contributed by atoms with Crippen LogP contribution in [0.1, 0.15) is 5.56 Å². The standard InChI is InChI=1S/C15H10ClFN2OS/c16-12-8-11(17)4-3-10(12)9-19-15(20)6-5-13(18-19)14-2-1-7-21-14/h1-8H,9H2.